The Labute approximate surface area is 160 Å². The van der Waals surface area contributed by atoms with Crippen LogP contribution in [0.3, 0.4) is 0 Å². The lowest BCUT2D eigenvalue weighted by molar-refractivity contribution is 0.0950. The topological polar surface area (TPSA) is 49.4 Å². The van der Waals surface area contributed by atoms with E-state index in [0.29, 0.717) is 17.7 Å². The summed E-state index contributed by atoms with van der Waals surface area (Å²) >= 11 is 0. The van der Waals surface area contributed by atoms with Gasteiger partial charge in [0.05, 0.1) is 0 Å². The molecule has 0 spiro atoms. The van der Waals surface area contributed by atoms with Gasteiger partial charge >= 0.3 is 0 Å². The maximum Gasteiger partial charge on any atom is 0.251 e. The van der Waals surface area contributed by atoms with Crippen LogP contribution in [0.2, 0.25) is 0 Å². The van der Waals surface area contributed by atoms with E-state index >= 15 is 0 Å². The Hall–Kier alpha value is -2.46. The number of rotatable bonds is 5. The zero-order valence-electron chi connectivity index (χ0n) is 15.8. The van der Waals surface area contributed by atoms with Crippen molar-refractivity contribution in [3.63, 3.8) is 0 Å². The second kappa shape index (κ2) is 7.65. The smallest absolute Gasteiger partial charge is 0.251 e. The molecule has 1 fully saturated rings. The summed E-state index contributed by atoms with van der Waals surface area (Å²) in [6.07, 6.45) is 3.56. The Morgan fingerprint density at radius 3 is 2.70 bits per heavy atom. The van der Waals surface area contributed by atoms with Crippen LogP contribution in [-0.2, 0) is 0 Å². The highest BCUT2D eigenvalue weighted by molar-refractivity contribution is 6.22. The Kier molecular flexibility index (Phi) is 5.08. The molecule has 1 atom stereocenters. The number of nitrogens with one attached hydrogen (secondary N) is 1. The quantitative estimate of drug-likeness (QED) is 0.703. The monoisotopic (exact) mass is 362 g/mol. The van der Waals surface area contributed by atoms with Crippen molar-refractivity contribution in [3.8, 4) is 11.1 Å². The van der Waals surface area contributed by atoms with Crippen molar-refractivity contribution in [2.45, 2.75) is 26.2 Å². The number of benzene rings is 2. The summed E-state index contributed by atoms with van der Waals surface area (Å²) < 4.78 is 0. The maximum absolute atomic E-state index is 12.6. The third-order valence-electron chi connectivity index (χ3n) is 5.67. The molecule has 0 saturated carbocycles. The molecule has 0 bridgehead atoms. The number of hydrogen-bond donors (Lipinski definition) is 1. The van der Waals surface area contributed by atoms with Gasteiger partial charge in [0.15, 0.2) is 5.78 Å². The van der Waals surface area contributed by atoms with Gasteiger partial charge in [-0.05, 0) is 61.5 Å². The third kappa shape index (κ3) is 3.67. The number of nitrogens with zero attached hydrogens (tertiary/aromatic N) is 1. The fourth-order valence-electron chi connectivity index (χ4n) is 4.27. The minimum Gasteiger partial charge on any atom is -0.352 e. The van der Waals surface area contributed by atoms with Gasteiger partial charge in [0.25, 0.3) is 5.91 Å². The Bertz CT molecular complexity index is 874. The molecule has 27 heavy (non-hydrogen) atoms. The summed E-state index contributed by atoms with van der Waals surface area (Å²) in [5.41, 5.74) is 3.79. The van der Waals surface area contributed by atoms with Gasteiger partial charge in [0, 0.05) is 29.8 Å². The molecule has 0 radical (unpaired) electrons. The molecule has 4 nitrogen and oxygen atoms in total. The molecule has 1 amide bonds. The van der Waals surface area contributed by atoms with Crippen LogP contribution < -0.4 is 5.32 Å². The number of fused-ring (bicyclic) bond motifs is 3. The van der Waals surface area contributed by atoms with Crippen molar-refractivity contribution in [2.24, 2.45) is 5.92 Å². The molecule has 4 heteroatoms. The SMILES string of the molecule is CC1CCCN(CCCNC(=O)c2ccc3c(c2)C(=O)c2ccccc2-3)C1. The molecule has 140 valence electrons. The van der Waals surface area contributed by atoms with E-state index in [-0.39, 0.29) is 11.7 Å². The van der Waals surface area contributed by atoms with Gasteiger partial charge in [-0.15, -0.1) is 0 Å². The van der Waals surface area contributed by atoms with Crippen molar-refractivity contribution in [3.05, 3.63) is 59.2 Å². The first kappa shape index (κ1) is 17.9. The molecule has 1 N–H and O–H groups in total. The third-order valence-corrected chi connectivity index (χ3v) is 5.67. The molecule has 2 aliphatic rings. The summed E-state index contributed by atoms with van der Waals surface area (Å²) in [6, 6.07) is 13.1. The molecule has 1 unspecified atom stereocenters. The summed E-state index contributed by atoms with van der Waals surface area (Å²) in [5, 5.41) is 3.00. The predicted octanol–water partition coefficient (Wildman–Crippen LogP) is 3.75. The Balaban J connectivity index is 1.34. The number of carbonyl (C=O) groups is 2. The van der Waals surface area contributed by atoms with E-state index in [1.54, 1.807) is 6.07 Å². The zero-order valence-corrected chi connectivity index (χ0v) is 15.8. The van der Waals surface area contributed by atoms with Crippen molar-refractivity contribution in [2.75, 3.05) is 26.2 Å². The van der Waals surface area contributed by atoms with Crippen molar-refractivity contribution in [1.82, 2.24) is 10.2 Å². The second-order valence-corrected chi connectivity index (χ2v) is 7.79. The van der Waals surface area contributed by atoms with Crippen LogP contribution in [0, 0.1) is 5.92 Å². The average Bonchev–Trinajstić information content (AvgIpc) is 2.97. The first-order valence-corrected chi connectivity index (χ1v) is 9.92. The van der Waals surface area contributed by atoms with Gasteiger partial charge in [-0.25, -0.2) is 0 Å². The number of likely N-dealkylation sites (tertiary alicyclic amines) is 1. The van der Waals surface area contributed by atoms with Crippen molar-refractivity contribution < 1.29 is 9.59 Å². The van der Waals surface area contributed by atoms with E-state index in [9.17, 15) is 9.59 Å². The molecule has 2 aromatic rings. The van der Waals surface area contributed by atoms with Gasteiger partial charge in [0.1, 0.15) is 0 Å². The number of carbonyl (C=O) groups excluding carboxylic acids is 2. The number of piperidine rings is 1. The molecule has 1 saturated heterocycles. The summed E-state index contributed by atoms with van der Waals surface area (Å²) in [4.78, 5) is 27.6. The van der Waals surface area contributed by atoms with Gasteiger partial charge in [-0.1, -0.05) is 37.3 Å². The zero-order chi connectivity index (χ0) is 18.8. The van der Waals surface area contributed by atoms with E-state index < -0.39 is 0 Å². The van der Waals surface area contributed by atoms with Gasteiger partial charge < -0.3 is 10.2 Å². The van der Waals surface area contributed by atoms with Crippen LogP contribution in [-0.4, -0.2) is 42.8 Å². The van der Waals surface area contributed by atoms with Crippen LogP contribution in [0.25, 0.3) is 11.1 Å². The maximum atomic E-state index is 12.6. The number of ketones is 1. The Morgan fingerprint density at radius 1 is 1.11 bits per heavy atom. The van der Waals surface area contributed by atoms with Gasteiger partial charge in [-0.2, -0.15) is 0 Å². The highest BCUT2D eigenvalue weighted by Crippen LogP contribution is 2.36. The van der Waals surface area contributed by atoms with E-state index in [1.807, 2.05) is 36.4 Å². The minimum atomic E-state index is -0.103. The molecule has 2 aromatic carbocycles. The van der Waals surface area contributed by atoms with Crippen LogP contribution in [0.1, 0.15) is 52.5 Å². The van der Waals surface area contributed by atoms with Crippen LogP contribution in [0.5, 0.6) is 0 Å². The van der Waals surface area contributed by atoms with Gasteiger partial charge in [-0.3, -0.25) is 9.59 Å². The average molecular weight is 362 g/mol. The molecular formula is C23H26N2O2. The van der Waals surface area contributed by atoms with Crippen molar-refractivity contribution in [1.29, 1.82) is 0 Å². The summed E-state index contributed by atoms with van der Waals surface area (Å²) in [5.74, 6) is 0.685. The lowest BCUT2D eigenvalue weighted by Crippen LogP contribution is -2.36. The fraction of sp³-hybridized carbons (Fsp3) is 0.391. The van der Waals surface area contributed by atoms with E-state index in [2.05, 4.69) is 17.1 Å². The summed E-state index contributed by atoms with van der Waals surface area (Å²) in [7, 11) is 0. The lowest BCUT2D eigenvalue weighted by Gasteiger charge is -2.30. The Morgan fingerprint density at radius 2 is 1.89 bits per heavy atom. The normalized spacial score (nSPS) is 18.9. The molecule has 0 aromatic heterocycles. The predicted molar refractivity (Wildman–Crippen MR) is 107 cm³/mol. The number of amides is 1. The summed E-state index contributed by atoms with van der Waals surface area (Å²) in [6.45, 7) is 6.34. The molecule has 1 aliphatic heterocycles. The van der Waals surface area contributed by atoms with Crippen molar-refractivity contribution >= 4 is 11.7 Å². The second-order valence-electron chi connectivity index (χ2n) is 7.79. The highest BCUT2D eigenvalue weighted by Gasteiger charge is 2.27. The largest absolute Gasteiger partial charge is 0.352 e. The van der Waals surface area contributed by atoms with Gasteiger partial charge in [0.2, 0.25) is 0 Å². The van der Waals surface area contributed by atoms with E-state index in [4.69, 9.17) is 0 Å². The van der Waals surface area contributed by atoms with Crippen LogP contribution in [0.4, 0.5) is 0 Å². The first-order chi connectivity index (χ1) is 13.1. The van der Waals surface area contributed by atoms with E-state index in [0.717, 1.165) is 35.6 Å². The number of hydrogen-bond acceptors (Lipinski definition) is 3. The molecule has 4 rings (SSSR count). The molecular weight excluding hydrogens is 336 g/mol. The fourth-order valence-corrected chi connectivity index (χ4v) is 4.27. The van der Waals surface area contributed by atoms with Crippen LogP contribution in [0.15, 0.2) is 42.5 Å². The first-order valence-electron chi connectivity index (χ1n) is 9.92. The molecule has 1 aliphatic carbocycles. The minimum absolute atomic E-state index is 0.00877. The molecule has 1 heterocycles. The lowest BCUT2D eigenvalue weighted by atomic mass is 10.0. The highest BCUT2D eigenvalue weighted by atomic mass is 16.1. The van der Waals surface area contributed by atoms with Crippen LogP contribution >= 0.6 is 0 Å². The van der Waals surface area contributed by atoms with E-state index in [1.165, 1.54) is 25.9 Å². The standard InChI is InChI=1S/C23H26N2O2/c1-16-6-4-12-25(15-16)13-5-11-24-23(27)17-9-10-19-18-7-2-3-8-20(18)22(26)21(19)14-17/h2-3,7-10,14,16H,4-6,11-13,15H2,1H3,(H,24,27).